The third-order valence-corrected chi connectivity index (χ3v) is 8.75. The summed E-state index contributed by atoms with van der Waals surface area (Å²) in [5.41, 5.74) is 3.14. The van der Waals surface area contributed by atoms with Crippen molar-refractivity contribution in [2.75, 3.05) is 37.7 Å². The number of halogens is 1. The van der Waals surface area contributed by atoms with Gasteiger partial charge in [0.05, 0.1) is 54.3 Å². The van der Waals surface area contributed by atoms with Crippen molar-refractivity contribution in [3.63, 3.8) is 0 Å². The zero-order chi connectivity index (χ0) is 24.8. The molecule has 4 aromatic heterocycles. The summed E-state index contributed by atoms with van der Waals surface area (Å²) in [7, 11) is 0. The minimum absolute atomic E-state index is 0.167. The van der Waals surface area contributed by atoms with E-state index in [-0.39, 0.29) is 22.9 Å². The van der Waals surface area contributed by atoms with Gasteiger partial charge < -0.3 is 19.4 Å². The molecule has 0 unspecified atom stereocenters. The van der Waals surface area contributed by atoms with Crippen molar-refractivity contribution in [2.45, 2.75) is 38.0 Å². The molecule has 3 saturated carbocycles. The van der Waals surface area contributed by atoms with Crippen LogP contribution in [0.3, 0.4) is 0 Å². The summed E-state index contributed by atoms with van der Waals surface area (Å²) in [6.07, 6.45) is 11.4. The first kappa shape index (κ1) is 21.7. The number of nitrogens with one attached hydrogen (secondary N) is 1. The van der Waals surface area contributed by atoms with Gasteiger partial charge in [-0.15, -0.1) is 0 Å². The van der Waals surface area contributed by atoms with Gasteiger partial charge in [-0.25, -0.2) is 14.1 Å². The van der Waals surface area contributed by atoms with Crippen LogP contribution in [0, 0.1) is 10.8 Å². The summed E-state index contributed by atoms with van der Waals surface area (Å²) in [6, 6.07) is 4.04. The van der Waals surface area contributed by atoms with Gasteiger partial charge in [-0.05, 0) is 36.3 Å². The maximum Gasteiger partial charge on any atom is 0.276 e. The maximum atomic E-state index is 13.7. The lowest BCUT2D eigenvalue weighted by Crippen LogP contribution is -2.67. The number of pyridine rings is 2. The number of aromatic nitrogens is 5. The van der Waals surface area contributed by atoms with Crippen LogP contribution in [-0.4, -0.2) is 62.7 Å². The van der Waals surface area contributed by atoms with Gasteiger partial charge in [-0.2, -0.15) is 5.10 Å². The monoisotopic (exact) mass is 501 g/mol. The molecule has 37 heavy (non-hydrogen) atoms. The lowest BCUT2D eigenvalue weighted by molar-refractivity contribution is -0.209. The highest BCUT2D eigenvalue weighted by atomic mass is 19.1. The zero-order valence-electron chi connectivity index (χ0n) is 20.5. The van der Waals surface area contributed by atoms with Crippen LogP contribution < -0.4 is 15.8 Å². The van der Waals surface area contributed by atoms with Crippen molar-refractivity contribution >= 4 is 22.1 Å². The van der Waals surface area contributed by atoms with Crippen molar-refractivity contribution in [3.8, 4) is 0 Å². The maximum absolute atomic E-state index is 13.7. The normalized spacial score (nSPS) is 27.1. The summed E-state index contributed by atoms with van der Waals surface area (Å²) in [5.74, 6) is 0. The average Bonchev–Trinajstić information content (AvgIpc) is 3.19. The first-order valence-corrected chi connectivity index (χ1v) is 12.9. The van der Waals surface area contributed by atoms with Gasteiger partial charge in [0.1, 0.15) is 11.3 Å². The van der Waals surface area contributed by atoms with E-state index < -0.39 is 5.67 Å². The first-order valence-electron chi connectivity index (χ1n) is 12.9. The second-order valence-corrected chi connectivity index (χ2v) is 11.9. The molecule has 0 radical (unpaired) electrons. The second kappa shape index (κ2) is 7.35. The highest BCUT2D eigenvalue weighted by molar-refractivity contribution is 5.92. The van der Waals surface area contributed by atoms with Crippen LogP contribution in [0.25, 0.3) is 16.4 Å². The van der Waals surface area contributed by atoms with Crippen LogP contribution in [0.15, 0.2) is 47.9 Å². The third-order valence-electron chi connectivity index (χ3n) is 8.75. The Hall–Kier alpha value is -3.37. The van der Waals surface area contributed by atoms with Gasteiger partial charge >= 0.3 is 0 Å². The van der Waals surface area contributed by atoms with E-state index in [0.29, 0.717) is 24.6 Å². The SMILES string of the molecule is O=c1c2cncc(N3CC4(COC4)C3)c2cnn1Cc1cn2cc(CNCC34CC(F)(C3)C4)ccc2n1. The van der Waals surface area contributed by atoms with Crippen LogP contribution >= 0.6 is 0 Å². The Morgan fingerprint density at radius 3 is 2.65 bits per heavy atom. The molecular formula is C27H28FN7O2. The molecule has 9 rings (SSSR count). The summed E-state index contributed by atoms with van der Waals surface area (Å²) in [4.78, 5) is 24.6. The molecule has 4 aromatic rings. The van der Waals surface area contributed by atoms with Crippen LogP contribution in [0.1, 0.15) is 30.5 Å². The summed E-state index contributed by atoms with van der Waals surface area (Å²) in [5, 5.41) is 9.38. The molecule has 1 spiro atoms. The molecule has 5 aliphatic rings. The predicted molar refractivity (Wildman–Crippen MR) is 135 cm³/mol. The van der Waals surface area contributed by atoms with E-state index in [2.05, 4.69) is 32.6 Å². The van der Waals surface area contributed by atoms with Gasteiger partial charge in [0.25, 0.3) is 5.56 Å². The lowest BCUT2D eigenvalue weighted by atomic mass is 9.42. The number of anilines is 1. The number of alkyl halides is 1. The van der Waals surface area contributed by atoms with Crippen molar-refractivity contribution in [3.05, 3.63) is 64.7 Å². The Morgan fingerprint density at radius 1 is 1.05 bits per heavy atom. The van der Waals surface area contributed by atoms with Crippen molar-refractivity contribution in [1.82, 2.24) is 29.5 Å². The second-order valence-electron chi connectivity index (χ2n) is 11.9. The smallest absolute Gasteiger partial charge is 0.276 e. The van der Waals surface area contributed by atoms with Gasteiger partial charge in [0.15, 0.2) is 0 Å². The summed E-state index contributed by atoms with van der Waals surface area (Å²) in [6.45, 7) is 5.36. The van der Waals surface area contributed by atoms with E-state index >= 15 is 0 Å². The summed E-state index contributed by atoms with van der Waals surface area (Å²) >= 11 is 0. The third kappa shape index (κ3) is 3.35. The minimum Gasteiger partial charge on any atom is -0.380 e. The molecule has 6 heterocycles. The topological polar surface area (TPSA) is 89.6 Å². The van der Waals surface area contributed by atoms with E-state index in [0.717, 1.165) is 67.4 Å². The van der Waals surface area contributed by atoms with Gasteiger partial charge in [0.2, 0.25) is 0 Å². The number of nitrogens with zero attached hydrogens (tertiary/aromatic N) is 6. The molecule has 190 valence electrons. The molecule has 2 aliphatic heterocycles. The molecule has 2 bridgehead atoms. The zero-order valence-corrected chi connectivity index (χ0v) is 20.5. The van der Waals surface area contributed by atoms with Crippen LogP contribution in [-0.2, 0) is 17.8 Å². The summed E-state index contributed by atoms with van der Waals surface area (Å²) < 4.78 is 22.6. The molecule has 0 amide bonds. The van der Waals surface area contributed by atoms with E-state index in [1.807, 2.05) is 22.9 Å². The number of ether oxygens (including phenoxy) is 1. The number of imidazole rings is 1. The highest BCUT2D eigenvalue weighted by Gasteiger charge is 2.68. The van der Waals surface area contributed by atoms with Crippen LogP contribution in [0.4, 0.5) is 10.1 Å². The van der Waals surface area contributed by atoms with E-state index in [1.54, 1.807) is 12.4 Å². The molecule has 10 heteroatoms. The van der Waals surface area contributed by atoms with Crippen molar-refractivity contribution in [2.24, 2.45) is 10.8 Å². The van der Waals surface area contributed by atoms with Gasteiger partial charge in [0, 0.05) is 50.2 Å². The standard InChI is InChI=1S/C27H28FN7O2/c28-27-10-25(11-27,12-27)13-30-3-18-1-2-23-32-19(8-33(23)7-18)9-35-24(36)21-4-29-6-22(20(21)5-31-35)34-14-26(15-34)16-37-17-26/h1-2,4-8,30H,3,9-17H2. The van der Waals surface area contributed by atoms with Crippen molar-refractivity contribution in [1.29, 1.82) is 0 Å². The van der Waals surface area contributed by atoms with E-state index in [1.165, 1.54) is 4.68 Å². The van der Waals surface area contributed by atoms with Gasteiger partial charge in [-0.3, -0.25) is 9.78 Å². The highest BCUT2D eigenvalue weighted by Crippen LogP contribution is 2.69. The Morgan fingerprint density at radius 2 is 1.89 bits per heavy atom. The average molecular weight is 502 g/mol. The Bertz CT molecular complexity index is 1600. The minimum atomic E-state index is -0.849. The molecule has 0 aromatic carbocycles. The molecule has 2 saturated heterocycles. The molecule has 5 fully saturated rings. The Kier molecular flexibility index (Phi) is 4.31. The molecule has 1 N–H and O–H groups in total. The first-order chi connectivity index (χ1) is 17.9. The molecule has 3 aliphatic carbocycles. The number of hydrogen-bond acceptors (Lipinski definition) is 7. The Labute approximate surface area is 212 Å². The number of fused-ring (bicyclic) bond motifs is 2. The molecule has 0 atom stereocenters. The lowest BCUT2D eigenvalue weighted by Gasteiger charge is -2.66. The van der Waals surface area contributed by atoms with Gasteiger partial charge in [-0.1, -0.05) is 6.07 Å². The fourth-order valence-electron chi connectivity index (χ4n) is 6.90. The number of rotatable bonds is 7. The Balaban J connectivity index is 0.988. The van der Waals surface area contributed by atoms with Crippen LogP contribution in [0.2, 0.25) is 0 Å². The number of hydrogen-bond donors (Lipinski definition) is 1. The molecular weight excluding hydrogens is 473 g/mol. The van der Waals surface area contributed by atoms with Crippen molar-refractivity contribution < 1.29 is 9.13 Å². The van der Waals surface area contributed by atoms with E-state index in [4.69, 9.17) is 9.72 Å². The largest absolute Gasteiger partial charge is 0.380 e. The van der Waals surface area contributed by atoms with E-state index in [9.17, 15) is 9.18 Å². The fraction of sp³-hybridized carbons (Fsp3) is 0.481. The van der Waals surface area contributed by atoms with Crippen LogP contribution in [0.5, 0.6) is 0 Å². The molecule has 9 nitrogen and oxygen atoms in total. The predicted octanol–water partition coefficient (Wildman–Crippen LogP) is 2.31. The fourth-order valence-corrected chi connectivity index (χ4v) is 6.90. The quantitative estimate of drug-likeness (QED) is 0.416.